The van der Waals surface area contributed by atoms with E-state index in [0.29, 0.717) is 47.7 Å². The molecule has 2 heterocycles. The number of carbonyl (C=O) groups excluding carboxylic acids is 2. The minimum atomic E-state index is -0.367. The van der Waals surface area contributed by atoms with Crippen LogP contribution < -0.4 is 14.4 Å². The number of benzene rings is 2. The number of ether oxygens (including phenoxy) is 2. The van der Waals surface area contributed by atoms with Gasteiger partial charge >= 0.3 is 0 Å². The summed E-state index contributed by atoms with van der Waals surface area (Å²) in [6.45, 7) is 4.14. The molecular formula is C24H26N4O6. The Bertz CT molecular complexity index is 1180. The summed E-state index contributed by atoms with van der Waals surface area (Å²) < 4.78 is 16.6. The number of aliphatic hydroxyl groups excluding tert-OH is 1. The van der Waals surface area contributed by atoms with Crippen LogP contribution in [0.1, 0.15) is 34.6 Å². The zero-order chi connectivity index (χ0) is 24.1. The van der Waals surface area contributed by atoms with Crippen LogP contribution in [0.3, 0.4) is 0 Å². The largest absolute Gasteiger partial charge is 0.493 e. The highest BCUT2D eigenvalue weighted by atomic mass is 16.5. The number of aromatic nitrogens is 2. The van der Waals surface area contributed by atoms with E-state index in [0.717, 1.165) is 5.56 Å². The minimum absolute atomic E-state index is 0.127. The SMILES string of the molecule is CCOc1cc(OCCO)ccc1C(=O)N1CC(=O)N(Cc2nnc(C)o2)Cc2ccccc21. The Morgan fingerprint density at radius 1 is 1.15 bits per heavy atom. The van der Waals surface area contributed by atoms with Gasteiger partial charge in [0.1, 0.15) is 24.7 Å². The van der Waals surface area contributed by atoms with Crippen LogP contribution in [0.15, 0.2) is 46.9 Å². The molecule has 10 nitrogen and oxygen atoms in total. The zero-order valence-electron chi connectivity index (χ0n) is 19.1. The van der Waals surface area contributed by atoms with Crippen molar-refractivity contribution < 1.29 is 28.6 Å². The smallest absolute Gasteiger partial charge is 0.262 e. The van der Waals surface area contributed by atoms with E-state index in [-0.39, 0.29) is 38.1 Å². The molecule has 0 atom stereocenters. The number of anilines is 1. The fraction of sp³-hybridized carbons (Fsp3) is 0.333. The Kier molecular flexibility index (Phi) is 7.07. The van der Waals surface area contributed by atoms with Crippen molar-refractivity contribution in [2.24, 2.45) is 0 Å². The monoisotopic (exact) mass is 466 g/mol. The molecule has 10 heteroatoms. The van der Waals surface area contributed by atoms with Crippen molar-refractivity contribution in [1.29, 1.82) is 0 Å². The highest BCUT2D eigenvalue weighted by Crippen LogP contribution is 2.31. The van der Waals surface area contributed by atoms with Crippen LogP contribution in [0, 0.1) is 6.92 Å². The van der Waals surface area contributed by atoms with Crippen LogP contribution in [0.2, 0.25) is 0 Å². The van der Waals surface area contributed by atoms with Gasteiger partial charge in [0.15, 0.2) is 0 Å². The molecule has 3 aromatic rings. The van der Waals surface area contributed by atoms with Gasteiger partial charge < -0.3 is 23.9 Å². The van der Waals surface area contributed by atoms with Gasteiger partial charge in [-0.15, -0.1) is 10.2 Å². The molecule has 34 heavy (non-hydrogen) atoms. The van der Waals surface area contributed by atoms with E-state index in [2.05, 4.69) is 10.2 Å². The molecule has 2 aromatic carbocycles. The number of carbonyl (C=O) groups is 2. The number of fused-ring (bicyclic) bond motifs is 1. The highest BCUT2D eigenvalue weighted by Gasteiger charge is 2.31. The van der Waals surface area contributed by atoms with Crippen LogP contribution in [0.25, 0.3) is 0 Å². The van der Waals surface area contributed by atoms with Crippen molar-refractivity contribution in [1.82, 2.24) is 15.1 Å². The van der Waals surface area contributed by atoms with Crippen LogP contribution in [0.5, 0.6) is 11.5 Å². The van der Waals surface area contributed by atoms with Gasteiger partial charge in [0, 0.05) is 25.2 Å². The molecule has 1 aliphatic heterocycles. The van der Waals surface area contributed by atoms with Gasteiger partial charge in [0.25, 0.3) is 5.91 Å². The van der Waals surface area contributed by atoms with E-state index < -0.39 is 0 Å². The fourth-order valence-electron chi connectivity index (χ4n) is 3.76. The van der Waals surface area contributed by atoms with Crippen molar-refractivity contribution in [3.63, 3.8) is 0 Å². The first kappa shape index (κ1) is 23.2. The summed E-state index contributed by atoms with van der Waals surface area (Å²) in [5.74, 6) is 0.956. The molecule has 0 spiro atoms. The number of hydrogen-bond acceptors (Lipinski definition) is 8. The third kappa shape index (κ3) is 5.01. The van der Waals surface area contributed by atoms with Crippen molar-refractivity contribution in [3.05, 3.63) is 65.4 Å². The molecule has 0 radical (unpaired) electrons. The Labute approximate surface area is 196 Å². The third-order valence-electron chi connectivity index (χ3n) is 5.27. The molecule has 0 saturated heterocycles. The van der Waals surface area contributed by atoms with E-state index in [1.165, 1.54) is 4.90 Å². The summed E-state index contributed by atoms with van der Waals surface area (Å²) in [6.07, 6.45) is 0. The predicted molar refractivity (Wildman–Crippen MR) is 122 cm³/mol. The van der Waals surface area contributed by atoms with Gasteiger partial charge in [0.05, 0.1) is 25.3 Å². The molecule has 0 bridgehead atoms. The standard InChI is InChI=1S/C24H26N4O6/c1-3-32-21-12-18(33-11-10-29)8-9-19(21)24(31)28-15-23(30)27(14-22-26-25-16(2)34-22)13-17-6-4-5-7-20(17)28/h4-9,12,29H,3,10-11,13-15H2,1-2H3. The van der Waals surface area contributed by atoms with Crippen molar-refractivity contribution in [3.8, 4) is 11.5 Å². The number of rotatable bonds is 8. The van der Waals surface area contributed by atoms with Gasteiger partial charge in [0.2, 0.25) is 17.7 Å². The van der Waals surface area contributed by atoms with Crippen molar-refractivity contribution >= 4 is 17.5 Å². The summed E-state index contributed by atoms with van der Waals surface area (Å²) in [7, 11) is 0. The minimum Gasteiger partial charge on any atom is -0.493 e. The van der Waals surface area contributed by atoms with E-state index >= 15 is 0 Å². The number of aryl methyl sites for hydroxylation is 1. The normalized spacial score (nSPS) is 13.4. The number of aliphatic hydroxyl groups is 1. The van der Waals surface area contributed by atoms with Crippen molar-refractivity contribution in [2.45, 2.75) is 26.9 Å². The number of amides is 2. The van der Waals surface area contributed by atoms with E-state index in [1.54, 1.807) is 30.0 Å². The Balaban J connectivity index is 1.66. The Morgan fingerprint density at radius 2 is 1.97 bits per heavy atom. The van der Waals surface area contributed by atoms with E-state index in [1.807, 2.05) is 31.2 Å². The third-order valence-corrected chi connectivity index (χ3v) is 5.27. The lowest BCUT2D eigenvalue weighted by Crippen LogP contribution is -2.40. The first-order chi connectivity index (χ1) is 16.5. The topological polar surface area (TPSA) is 118 Å². The molecule has 178 valence electrons. The maximum Gasteiger partial charge on any atom is 0.262 e. The average Bonchev–Trinajstić information content (AvgIpc) is 3.19. The van der Waals surface area contributed by atoms with Gasteiger partial charge in [-0.2, -0.15) is 0 Å². The molecule has 1 N–H and O–H groups in total. The fourth-order valence-corrected chi connectivity index (χ4v) is 3.76. The van der Waals surface area contributed by atoms with Crippen LogP contribution in [-0.4, -0.2) is 58.4 Å². The molecule has 1 aliphatic rings. The second kappa shape index (κ2) is 10.3. The molecule has 0 saturated carbocycles. The lowest BCUT2D eigenvalue weighted by atomic mass is 10.1. The zero-order valence-corrected chi connectivity index (χ0v) is 19.1. The number of para-hydroxylation sites is 1. The maximum atomic E-state index is 13.7. The maximum absolute atomic E-state index is 13.7. The summed E-state index contributed by atoms with van der Waals surface area (Å²) in [5, 5.41) is 16.8. The van der Waals surface area contributed by atoms with E-state index in [4.69, 9.17) is 19.0 Å². The molecule has 0 unspecified atom stereocenters. The summed E-state index contributed by atoms with van der Waals surface area (Å²) in [6, 6.07) is 12.3. The van der Waals surface area contributed by atoms with Gasteiger partial charge in [-0.05, 0) is 30.7 Å². The lowest BCUT2D eigenvalue weighted by molar-refractivity contribution is -0.131. The van der Waals surface area contributed by atoms with Crippen LogP contribution in [0.4, 0.5) is 5.69 Å². The molecule has 0 fully saturated rings. The molecule has 0 aliphatic carbocycles. The van der Waals surface area contributed by atoms with Crippen LogP contribution >= 0.6 is 0 Å². The van der Waals surface area contributed by atoms with Gasteiger partial charge in [-0.1, -0.05) is 18.2 Å². The second-order valence-electron chi connectivity index (χ2n) is 7.65. The highest BCUT2D eigenvalue weighted by molar-refractivity contribution is 6.11. The number of nitrogens with zero attached hydrogens (tertiary/aromatic N) is 4. The first-order valence-electron chi connectivity index (χ1n) is 11.0. The lowest BCUT2D eigenvalue weighted by Gasteiger charge is -2.23. The predicted octanol–water partition coefficient (Wildman–Crippen LogP) is 2.34. The second-order valence-corrected chi connectivity index (χ2v) is 7.65. The molecule has 4 rings (SSSR count). The quantitative estimate of drug-likeness (QED) is 0.537. The summed E-state index contributed by atoms with van der Waals surface area (Å²) >= 11 is 0. The van der Waals surface area contributed by atoms with Gasteiger partial charge in [-0.3, -0.25) is 14.5 Å². The van der Waals surface area contributed by atoms with Crippen molar-refractivity contribution in [2.75, 3.05) is 31.3 Å². The number of hydrogen-bond donors (Lipinski definition) is 1. The molecule has 1 aromatic heterocycles. The first-order valence-corrected chi connectivity index (χ1v) is 11.0. The average molecular weight is 466 g/mol. The Hall–Kier alpha value is -3.92. The summed E-state index contributed by atoms with van der Waals surface area (Å²) in [4.78, 5) is 29.9. The van der Waals surface area contributed by atoms with Gasteiger partial charge in [-0.25, -0.2) is 0 Å². The Morgan fingerprint density at radius 3 is 2.71 bits per heavy atom. The molecule has 2 amide bonds. The molecular weight excluding hydrogens is 440 g/mol. The summed E-state index contributed by atoms with van der Waals surface area (Å²) in [5.41, 5.74) is 1.77. The van der Waals surface area contributed by atoms with E-state index in [9.17, 15) is 9.59 Å². The van der Waals surface area contributed by atoms with Crippen LogP contribution in [-0.2, 0) is 17.9 Å².